The van der Waals surface area contributed by atoms with Crippen molar-refractivity contribution in [3.05, 3.63) is 30.3 Å². The zero-order chi connectivity index (χ0) is 11.3. The molecule has 6 heteroatoms. The average Bonchev–Trinajstić information content (AvgIpc) is 2.17. The molecular formula is C9H13N3O2S. The molecular weight excluding hydrogens is 214 g/mol. The van der Waals surface area contributed by atoms with Crippen LogP contribution in [0.1, 0.15) is 0 Å². The van der Waals surface area contributed by atoms with E-state index in [0.29, 0.717) is 4.90 Å². The second-order valence-electron chi connectivity index (χ2n) is 3.02. The van der Waals surface area contributed by atoms with Gasteiger partial charge < -0.3 is 0 Å². The van der Waals surface area contributed by atoms with Gasteiger partial charge in [0.1, 0.15) is 0 Å². The first-order valence-electron chi connectivity index (χ1n) is 4.31. The first-order chi connectivity index (χ1) is 7.09. The van der Waals surface area contributed by atoms with Gasteiger partial charge in [-0.15, -0.1) is 0 Å². The molecule has 0 heterocycles. The maximum atomic E-state index is 11.6. The highest BCUT2D eigenvalue weighted by Crippen LogP contribution is 2.02. The fourth-order valence-electron chi connectivity index (χ4n) is 0.913. The van der Waals surface area contributed by atoms with Crippen molar-refractivity contribution < 1.29 is 9.00 Å². The summed E-state index contributed by atoms with van der Waals surface area (Å²) in [6, 6.07) is 8.22. The fourth-order valence-corrected chi connectivity index (χ4v) is 1.65. The number of hydrogen-bond acceptors (Lipinski definition) is 3. The Labute approximate surface area is 91.0 Å². The van der Waals surface area contributed by atoms with Crippen molar-refractivity contribution in [2.75, 3.05) is 14.1 Å². The number of hydrazine groups is 1. The van der Waals surface area contributed by atoms with E-state index >= 15 is 0 Å². The van der Waals surface area contributed by atoms with Gasteiger partial charge in [-0.05, 0) is 12.1 Å². The van der Waals surface area contributed by atoms with Crippen LogP contribution in [0.2, 0.25) is 0 Å². The molecule has 15 heavy (non-hydrogen) atoms. The van der Waals surface area contributed by atoms with E-state index in [1.165, 1.54) is 5.01 Å². The second-order valence-corrected chi connectivity index (χ2v) is 4.23. The second kappa shape index (κ2) is 5.47. The zero-order valence-electron chi connectivity index (χ0n) is 8.56. The Morgan fingerprint density at radius 3 is 2.40 bits per heavy atom. The normalized spacial score (nSPS) is 12.2. The summed E-state index contributed by atoms with van der Waals surface area (Å²) in [7, 11) is 1.82. The summed E-state index contributed by atoms with van der Waals surface area (Å²) < 4.78 is 13.9. The van der Waals surface area contributed by atoms with Gasteiger partial charge >= 0.3 is 6.03 Å². The number of nitrogens with one attached hydrogen (secondary N) is 2. The van der Waals surface area contributed by atoms with Gasteiger partial charge in [0.25, 0.3) is 0 Å². The van der Waals surface area contributed by atoms with Gasteiger partial charge in [0.15, 0.2) is 11.0 Å². The van der Waals surface area contributed by atoms with Crippen LogP contribution in [0, 0.1) is 0 Å². The molecule has 0 fully saturated rings. The van der Waals surface area contributed by atoms with Gasteiger partial charge in [-0.25, -0.2) is 14.0 Å². The molecule has 1 rings (SSSR count). The van der Waals surface area contributed by atoms with Gasteiger partial charge in [-0.1, -0.05) is 18.2 Å². The highest BCUT2D eigenvalue weighted by atomic mass is 32.2. The van der Waals surface area contributed by atoms with E-state index < -0.39 is 17.0 Å². The molecule has 2 amide bonds. The van der Waals surface area contributed by atoms with Crippen LogP contribution in [0.25, 0.3) is 0 Å². The number of benzene rings is 1. The molecule has 82 valence electrons. The molecule has 0 radical (unpaired) electrons. The summed E-state index contributed by atoms with van der Waals surface area (Å²) >= 11 is 0. The first kappa shape index (κ1) is 11.7. The topological polar surface area (TPSA) is 61.4 Å². The van der Waals surface area contributed by atoms with Gasteiger partial charge in [0.2, 0.25) is 0 Å². The number of hydrogen-bond donors (Lipinski definition) is 2. The molecule has 5 nitrogen and oxygen atoms in total. The molecule has 0 aliphatic heterocycles. The lowest BCUT2D eigenvalue weighted by atomic mass is 10.4. The molecule has 1 aromatic carbocycles. The summed E-state index contributed by atoms with van der Waals surface area (Å²) in [6.45, 7) is 0. The first-order valence-corrected chi connectivity index (χ1v) is 5.46. The minimum absolute atomic E-state index is 0.498. The number of carbonyl (C=O) groups is 1. The van der Waals surface area contributed by atoms with Crippen molar-refractivity contribution in [2.24, 2.45) is 0 Å². The van der Waals surface area contributed by atoms with E-state index in [4.69, 9.17) is 0 Å². The maximum Gasteiger partial charge on any atom is 0.341 e. The van der Waals surface area contributed by atoms with Crippen molar-refractivity contribution in [1.82, 2.24) is 15.2 Å². The van der Waals surface area contributed by atoms with E-state index in [0.717, 1.165) is 0 Å². The minimum atomic E-state index is -1.52. The lowest BCUT2D eigenvalue weighted by Gasteiger charge is -2.12. The molecule has 1 atom stereocenters. The predicted octanol–water partition coefficient (Wildman–Crippen LogP) is 0.485. The van der Waals surface area contributed by atoms with Gasteiger partial charge in [-0.2, -0.15) is 0 Å². The third-order valence-corrected chi connectivity index (χ3v) is 2.54. The highest BCUT2D eigenvalue weighted by molar-refractivity contribution is 7.83. The Kier molecular flexibility index (Phi) is 4.26. The summed E-state index contributed by atoms with van der Waals surface area (Å²) in [6.07, 6.45) is 0. The Hall–Kier alpha value is -1.40. The van der Waals surface area contributed by atoms with Crippen LogP contribution in [-0.2, 0) is 11.0 Å². The monoisotopic (exact) mass is 227 g/mol. The Bertz CT molecular complexity index is 354. The largest absolute Gasteiger partial charge is 0.341 e. The number of urea groups is 1. The van der Waals surface area contributed by atoms with Gasteiger partial charge in [0.05, 0.1) is 4.90 Å². The molecule has 1 aromatic rings. The number of amides is 2. The van der Waals surface area contributed by atoms with Gasteiger partial charge in [-0.3, -0.25) is 10.1 Å². The number of carbonyl (C=O) groups excluding carboxylic acids is 1. The minimum Gasteiger partial charge on any atom is -0.270 e. The molecule has 0 aliphatic carbocycles. The van der Waals surface area contributed by atoms with Crippen LogP contribution < -0.4 is 10.1 Å². The van der Waals surface area contributed by atoms with E-state index in [2.05, 4.69) is 10.1 Å². The fraction of sp³-hybridized carbons (Fsp3) is 0.222. The predicted molar refractivity (Wildman–Crippen MR) is 58.2 cm³/mol. The summed E-state index contributed by atoms with van der Waals surface area (Å²) in [5.74, 6) is 0. The summed E-state index contributed by atoms with van der Waals surface area (Å²) in [4.78, 5) is 11.7. The van der Waals surface area contributed by atoms with Crippen LogP contribution in [-0.4, -0.2) is 29.3 Å². The van der Waals surface area contributed by atoms with Crippen molar-refractivity contribution >= 4 is 17.0 Å². The van der Waals surface area contributed by atoms with E-state index in [1.54, 1.807) is 38.4 Å². The number of rotatable bonds is 3. The molecule has 0 spiro atoms. The van der Waals surface area contributed by atoms with Crippen LogP contribution in [0.4, 0.5) is 4.79 Å². The molecule has 0 bridgehead atoms. The van der Waals surface area contributed by atoms with E-state index in [-0.39, 0.29) is 0 Å². The molecule has 0 saturated heterocycles. The molecule has 0 aliphatic rings. The van der Waals surface area contributed by atoms with Crippen LogP contribution in [0.3, 0.4) is 0 Å². The summed E-state index contributed by atoms with van der Waals surface area (Å²) in [5.41, 5.74) is 2.43. The zero-order valence-corrected chi connectivity index (χ0v) is 9.38. The Morgan fingerprint density at radius 2 is 1.87 bits per heavy atom. The van der Waals surface area contributed by atoms with E-state index in [1.807, 2.05) is 6.07 Å². The quantitative estimate of drug-likeness (QED) is 0.739. The van der Waals surface area contributed by atoms with Crippen LogP contribution in [0.15, 0.2) is 35.2 Å². The van der Waals surface area contributed by atoms with Crippen LogP contribution in [0.5, 0.6) is 0 Å². The average molecular weight is 227 g/mol. The van der Waals surface area contributed by atoms with Crippen molar-refractivity contribution in [2.45, 2.75) is 4.90 Å². The van der Waals surface area contributed by atoms with E-state index in [9.17, 15) is 9.00 Å². The van der Waals surface area contributed by atoms with Gasteiger partial charge in [0, 0.05) is 14.1 Å². The summed E-state index contributed by atoms with van der Waals surface area (Å²) in [5, 5.41) is 1.47. The Morgan fingerprint density at radius 1 is 1.27 bits per heavy atom. The highest BCUT2D eigenvalue weighted by Gasteiger charge is 2.07. The standard InChI is InChI=1S/C9H13N3O2S/c1-12(2)10-9(13)11-15(14)8-6-4-3-5-7-8/h3-7H,1-2H3,(H2,10,11,13). The molecule has 0 aromatic heterocycles. The van der Waals surface area contributed by atoms with Crippen LogP contribution >= 0.6 is 0 Å². The lowest BCUT2D eigenvalue weighted by molar-refractivity contribution is 0.218. The van der Waals surface area contributed by atoms with Crippen molar-refractivity contribution in [1.29, 1.82) is 0 Å². The Balaban J connectivity index is 2.53. The smallest absolute Gasteiger partial charge is 0.270 e. The third-order valence-electron chi connectivity index (χ3n) is 1.47. The SMILES string of the molecule is CN(C)NC(=O)NS(=O)c1ccccc1. The van der Waals surface area contributed by atoms with Crippen molar-refractivity contribution in [3.8, 4) is 0 Å². The maximum absolute atomic E-state index is 11.6. The molecule has 0 saturated carbocycles. The number of nitrogens with zero attached hydrogens (tertiary/aromatic N) is 1. The third kappa shape index (κ3) is 4.09. The molecule has 2 N–H and O–H groups in total. The van der Waals surface area contributed by atoms with Crippen molar-refractivity contribution in [3.63, 3.8) is 0 Å². The molecule has 1 unspecified atom stereocenters. The lowest BCUT2D eigenvalue weighted by Crippen LogP contribution is -2.43.